The zero-order valence-corrected chi connectivity index (χ0v) is 7.56. The quantitative estimate of drug-likeness (QED) is 0.509. The Labute approximate surface area is 71.5 Å². The Balaban J connectivity index is 3.66. The lowest BCUT2D eigenvalue weighted by molar-refractivity contribution is -0.143. The summed E-state index contributed by atoms with van der Waals surface area (Å²) >= 11 is 3.91. The molecule has 0 rings (SSSR count). The van der Waals surface area contributed by atoms with E-state index in [2.05, 4.69) is 17.4 Å². The van der Waals surface area contributed by atoms with Crippen LogP contribution in [0.25, 0.3) is 0 Å². The molecule has 0 fully saturated rings. The number of rotatable bonds is 4. The molecule has 0 aromatic rings. The van der Waals surface area contributed by atoms with Crippen molar-refractivity contribution in [3.63, 3.8) is 0 Å². The first-order valence-corrected chi connectivity index (χ1v) is 3.93. The predicted octanol–water partition coefficient (Wildman–Crippen LogP) is 0.827. The normalized spacial score (nSPS) is 12.3. The van der Waals surface area contributed by atoms with E-state index in [-0.39, 0.29) is 18.2 Å². The third-order valence-corrected chi connectivity index (χ3v) is 1.68. The fraction of sp³-hybridized carbons (Fsp3) is 0.714. The number of thiol groups is 1. The Kier molecular flexibility index (Phi) is 4.94. The van der Waals surface area contributed by atoms with Gasteiger partial charge in [0.1, 0.15) is 5.78 Å². The van der Waals surface area contributed by atoms with E-state index in [1.807, 2.05) is 0 Å². The summed E-state index contributed by atoms with van der Waals surface area (Å²) in [5.41, 5.74) is 0. The summed E-state index contributed by atoms with van der Waals surface area (Å²) in [5, 5.41) is -0.519. The van der Waals surface area contributed by atoms with Gasteiger partial charge in [-0.2, -0.15) is 12.6 Å². The van der Waals surface area contributed by atoms with Crippen molar-refractivity contribution in [2.24, 2.45) is 0 Å². The Morgan fingerprint density at radius 1 is 1.55 bits per heavy atom. The van der Waals surface area contributed by atoms with Gasteiger partial charge in [0.15, 0.2) is 0 Å². The van der Waals surface area contributed by atoms with Crippen molar-refractivity contribution < 1.29 is 14.3 Å². The standard InChI is InChI=1S/C7H12O3S/c1-3-10-7(9)4-6(11)5(2)8/h6,11H,3-4H2,1-2H3. The van der Waals surface area contributed by atoms with Gasteiger partial charge in [-0.1, -0.05) is 0 Å². The van der Waals surface area contributed by atoms with Crippen molar-refractivity contribution in [2.45, 2.75) is 25.5 Å². The van der Waals surface area contributed by atoms with Gasteiger partial charge in [0.05, 0.1) is 18.3 Å². The van der Waals surface area contributed by atoms with Gasteiger partial charge in [-0.15, -0.1) is 0 Å². The van der Waals surface area contributed by atoms with Crippen molar-refractivity contribution in [1.29, 1.82) is 0 Å². The molecule has 4 heteroatoms. The van der Waals surface area contributed by atoms with E-state index < -0.39 is 5.25 Å². The summed E-state index contributed by atoms with van der Waals surface area (Å²) in [5.74, 6) is -0.482. The van der Waals surface area contributed by atoms with Crippen LogP contribution in [0.2, 0.25) is 0 Å². The molecule has 0 saturated heterocycles. The maximum atomic E-state index is 10.7. The second kappa shape index (κ2) is 5.18. The van der Waals surface area contributed by atoms with Gasteiger partial charge < -0.3 is 4.74 Å². The van der Waals surface area contributed by atoms with Gasteiger partial charge in [-0.3, -0.25) is 9.59 Å². The van der Waals surface area contributed by atoms with Gasteiger partial charge >= 0.3 is 5.97 Å². The minimum Gasteiger partial charge on any atom is -0.466 e. The average molecular weight is 176 g/mol. The van der Waals surface area contributed by atoms with Crippen molar-refractivity contribution >= 4 is 24.4 Å². The van der Waals surface area contributed by atoms with Crippen LogP contribution in [0.5, 0.6) is 0 Å². The van der Waals surface area contributed by atoms with Crippen molar-refractivity contribution in [2.75, 3.05) is 6.61 Å². The summed E-state index contributed by atoms with van der Waals surface area (Å²) in [6.45, 7) is 3.47. The largest absolute Gasteiger partial charge is 0.466 e. The number of carbonyl (C=O) groups is 2. The molecule has 0 saturated carbocycles. The second-order valence-electron chi connectivity index (χ2n) is 2.14. The van der Waals surface area contributed by atoms with E-state index in [1.54, 1.807) is 6.92 Å². The molecule has 0 aliphatic carbocycles. The highest BCUT2D eigenvalue weighted by Gasteiger charge is 2.13. The number of esters is 1. The molecule has 0 aromatic carbocycles. The first-order valence-electron chi connectivity index (χ1n) is 3.42. The molecule has 0 aliphatic heterocycles. The third kappa shape index (κ3) is 4.84. The van der Waals surface area contributed by atoms with Gasteiger partial charge in [-0.25, -0.2) is 0 Å². The van der Waals surface area contributed by atoms with Gasteiger partial charge in [0, 0.05) is 0 Å². The van der Waals surface area contributed by atoms with Crippen molar-refractivity contribution in [1.82, 2.24) is 0 Å². The lowest BCUT2D eigenvalue weighted by Crippen LogP contribution is -2.17. The topological polar surface area (TPSA) is 43.4 Å². The molecule has 0 spiro atoms. The fourth-order valence-corrected chi connectivity index (χ4v) is 0.671. The first-order chi connectivity index (χ1) is 5.07. The van der Waals surface area contributed by atoms with Crippen LogP contribution in [0.15, 0.2) is 0 Å². The fourth-order valence-electron chi connectivity index (χ4n) is 0.522. The molecule has 0 N–H and O–H groups in total. The molecular weight excluding hydrogens is 164 g/mol. The van der Waals surface area contributed by atoms with E-state index in [4.69, 9.17) is 0 Å². The maximum Gasteiger partial charge on any atom is 0.307 e. The summed E-state index contributed by atoms with van der Waals surface area (Å²) < 4.78 is 4.62. The first kappa shape index (κ1) is 10.5. The Hall–Kier alpha value is -0.510. The number of hydrogen-bond donors (Lipinski definition) is 1. The Morgan fingerprint density at radius 2 is 2.09 bits per heavy atom. The highest BCUT2D eigenvalue weighted by molar-refractivity contribution is 7.81. The molecule has 1 atom stereocenters. The molecule has 3 nitrogen and oxygen atoms in total. The van der Waals surface area contributed by atoms with Crippen LogP contribution < -0.4 is 0 Å². The highest BCUT2D eigenvalue weighted by atomic mass is 32.1. The Morgan fingerprint density at radius 3 is 2.45 bits per heavy atom. The van der Waals surface area contributed by atoms with Gasteiger partial charge in [0.2, 0.25) is 0 Å². The van der Waals surface area contributed by atoms with Gasteiger partial charge in [-0.05, 0) is 13.8 Å². The van der Waals surface area contributed by atoms with Crippen LogP contribution in [-0.4, -0.2) is 23.6 Å². The lowest BCUT2D eigenvalue weighted by Gasteiger charge is -2.04. The summed E-state index contributed by atoms with van der Waals surface area (Å²) in [4.78, 5) is 21.3. The average Bonchev–Trinajstić information content (AvgIpc) is 1.87. The molecule has 0 amide bonds. The van der Waals surface area contributed by atoms with Crippen molar-refractivity contribution in [3.8, 4) is 0 Å². The zero-order valence-electron chi connectivity index (χ0n) is 6.66. The molecular formula is C7H12O3S. The number of ether oxygens (including phenoxy) is 1. The second-order valence-corrected chi connectivity index (χ2v) is 2.76. The van der Waals surface area contributed by atoms with Crippen LogP contribution in [0.3, 0.4) is 0 Å². The minimum atomic E-state index is -0.519. The summed E-state index contributed by atoms with van der Waals surface area (Å²) in [6.07, 6.45) is 0.0618. The number of carbonyl (C=O) groups excluding carboxylic acids is 2. The van der Waals surface area contributed by atoms with Crippen LogP contribution in [0.1, 0.15) is 20.3 Å². The van der Waals surface area contributed by atoms with Gasteiger partial charge in [0.25, 0.3) is 0 Å². The van der Waals surface area contributed by atoms with E-state index >= 15 is 0 Å². The smallest absolute Gasteiger partial charge is 0.307 e. The Bertz CT molecular complexity index is 156. The molecule has 0 radical (unpaired) electrons. The molecule has 11 heavy (non-hydrogen) atoms. The van der Waals surface area contributed by atoms with E-state index in [9.17, 15) is 9.59 Å². The van der Waals surface area contributed by atoms with Crippen LogP contribution in [0, 0.1) is 0 Å². The predicted molar refractivity (Wildman–Crippen MR) is 44.7 cm³/mol. The lowest BCUT2D eigenvalue weighted by atomic mass is 10.2. The molecule has 64 valence electrons. The van der Waals surface area contributed by atoms with Crippen molar-refractivity contribution in [3.05, 3.63) is 0 Å². The number of Topliss-reactive ketones (excluding diaryl/α,β-unsaturated/α-hetero) is 1. The molecule has 1 unspecified atom stereocenters. The number of hydrogen-bond acceptors (Lipinski definition) is 4. The summed E-state index contributed by atoms with van der Waals surface area (Å²) in [6, 6.07) is 0. The minimum absolute atomic E-state index is 0.0618. The monoisotopic (exact) mass is 176 g/mol. The maximum absolute atomic E-state index is 10.7. The van der Waals surface area contributed by atoms with E-state index in [0.29, 0.717) is 6.61 Å². The number of ketones is 1. The molecule has 0 heterocycles. The molecule has 0 bridgehead atoms. The summed E-state index contributed by atoms with van der Waals surface area (Å²) in [7, 11) is 0. The molecule has 0 aliphatic rings. The van der Waals surface area contributed by atoms with E-state index in [1.165, 1.54) is 6.92 Å². The third-order valence-electron chi connectivity index (χ3n) is 1.13. The van der Waals surface area contributed by atoms with Crippen LogP contribution >= 0.6 is 12.6 Å². The van der Waals surface area contributed by atoms with Crippen LogP contribution in [0.4, 0.5) is 0 Å². The van der Waals surface area contributed by atoms with E-state index in [0.717, 1.165) is 0 Å². The zero-order chi connectivity index (χ0) is 8.85. The molecule has 0 aromatic heterocycles. The SMILES string of the molecule is CCOC(=O)CC(S)C(C)=O. The highest BCUT2D eigenvalue weighted by Crippen LogP contribution is 2.03. The van der Waals surface area contributed by atoms with Crippen LogP contribution in [-0.2, 0) is 14.3 Å².